The Hall–Kier alpha value is -1.79. The highest BCUT2D eigenvalue weighted by Crippen LogP contribution is 2.10. The molecule has 0 N–H and O–H groups in total. The van der Waals surface area contributed by atoms with Crippen LogP contribution in [0.15, 0.2) is 24.3 Å². The van der Waals surface area contributed by atoms with Gasteiger partial charge in [0.05, 0.1) is 13.2 Å². The zero-order valence-corrected chi connectivity index (χ0v) is 17.9. The second-order valence-electron chi connectivity index (χ2n) is 7.19. The first-order valence-corrected chi connectivity index (χ1v) is 11.0. The molecule has 0 spiro atoms. The van der Waals surface area contributed by atoms with Crippen LogP contribution in [0.2, 0.25) is 0 Å². The van der Waals surface area contributed by atoms with E-state index in [-0.39, 0.29) is 5.97 Å². The van der Waals surface area contributed by atoms with Crippen LogP contribution >= 0.6 is 0 Å². The van der Waals surface area contributed by atoms with E-state index in [1.54, 1.807) is 0 Å². The summed E-state index contributed by atoms with van der Waals surface area (Å²) in [5.41, 5.74) is 2.27. The number of esters is 1. The maximum Gasteiger partial charge on any atom is 0.306 e. The Balaban J connectivity index is 2.03. The number of aryl methyl sites for hydroxylation is 1. The Labute approximate surface area is 172 Å². The lowest BCUT2D eigenvalue weighted by atomic mass is 10.1. The van der Waals surface area contributed by atoms with Crippen LogP contribution in [0.4, 0.5) is 0 Å². The first-order valence-electron chi connectivity index (χ1n) is 11.0. The lowest BCUT2D eigenvalue weighted by Crippen LogP contribution is -2.05. The summed E-state index contributed by atoms with van der Waals surface area (Å²) >= 11 is 0. The topological polar surface area (TPSA) is 35.5 Å². The van der Waals surface area contributed by atoms with Crippen LogP contribution in [0.5, 0.6) is 0 Å². The molecule has 1 rings (SSSR count). The van der Waals surface area contributed by atoms with Gasteiger partial charge in [-0.2, -0.15) is 0 Å². The molecule has 0 heterocycles. The largest absolute Gasteiger partial charge is 0.466 e. The molecular formula is C25H38O3. The Kier molecular flexibility index (Phi) is 15.0. The van der Waals surface area contributed by atoms with Crippen molar-refractivity contribution in [1.29, 1.82) is 0 Å². The van der Waals surface area contributed by atoms with Gasteiger partial charge in [0.25, 0.3) is 0 Å². The number of ether oxygens (including phenoxy) is 2. The molecule has 0 saturated carbocycles. The zero-order valence-electron chi connectivity index (χ0n) is 17.9. The Morgan fingerprint density at radius 3 is 2.18 bits per heavy atom. The fraction of sp³-hybridized carbons (Fsp3) is 0.640. The third-order valence-electron chi connectivity index (χ3n) is 4.67. The van der Waals surface area contributed by atoms with Crippen molar-refractivity contribution in [1.82, 2.24) is 0 Å². The molecule has 0 atom stereocenters. The maximum absolute atomic E-state index is 11.4. The molecule has 1 aromatic carbocycles. The van der Waals surface area contributed by atoms with Gasteiger partial charge in [-0.3, -0.25) is 4.79 Å². The molecule has 156 valence electrons. The van der Waals surface area contributed by atoms with Gasteiger partial charge in [0.15, 0.2) is 0 Å². The lowest BCUT2D eigenvalue weighted by molar-refractivity contribution is -0.143. The average molecular weight is 387 g/mol. The second kappa shape index (κ2) is 17.3. The van der Waals surface area contributed by atoms with Crippen LogP contribution in [0.1, 0.15) is 89.2 Å². The predicted octanol–water partition coefficient (Wildman–Crippen LogP) is 6.23. The van der Waals surface area contributed by atoms with Crippen LogP contribution < -0.4 is 0 Å². The van der Waals surface area contributed by atoms with Crippen molar-refractivity contribution in [2.75, 3.05) is 13.2 Å². The quantitative estimate of drug-likeness (QED) is 0.203. The summed E-state index contributed by atoms with van der Waals surface area (Å²) in [5, 5.41) is 0. The summed E-state index contributed by atoms with van der Waals surface area (Å²) in [6, 6.07) is 8.19. The number of hydrogen-bond donors (Lipinski definition) is 0. The van der Waals surface area contributed by atoms with Gasteiger partial charge in [-0.05, 0) is 30.9 Å². The fourth-order valence-corrected chi connectivity index (χ4v) is 2.99. The van der Waals surface area contributed by atoms with Gasteiger partial charge in [0.2, 0.25) is 0 Å². The monoisotopic (exact) mass is 386 g/mol. The number of carbonyl (C=O) groups excluding carboxylic acids is 1. The minimum atomic E-state index is -0.138. The summed E-state index contributed by atoms with van der Waals surface area (Å²) in [4.78, 5) is 11.4. The molecule has 0 aliphatic carbocycles. The molecule has 0 bridgehead atoms. The van der Waals surface area contributed by atoms with E-state index in [1.807, 2.05) is 19.1 Å². The van der Waals surface area contributed by atoms with Gasteiger partial charge >= 0.3 is 5.97 Å². The lowest BCUT2D eigenvalue weighted by Gasteiger charge is -2.04. The molecule has 1 aromatic rings. The van der Waals surface area contributed by atoms with Gasteiger partial charge in [-0.1, -0.05) is 82.1 Å². The van der Waals surface area contributed by atoms with Gasteiger partial charge < -0.3 is 9.47 Å². The number of benzene rings is 1. The first kappa shape index (κ1) is 24.2. The normalized spacial score (nSPS) is 10.4. The summed E-state index contributed by atoms with van der Waals surface area (Å²) < 4.78 is 10.6. The minimum absolute atomic E-state index is 0.138. The number of rotatable bonds is 15. The van der Waals surface area contributed by atoms with E-state index in [4.69, 9.17) is 9.47 Å². The van der Waals surface area contributed by atoms with Gasteiger partial charge in [-0.15, -0.1) is 5.92 Å². The number of hydrogen-bond acceptors (Lipinski definition) is 3. The molecule has 3 heteroatoms. The minimum Gasteiger partial charge on any atom is -0.466 e. The van der Waals surface area contributed by atoms with E-state index >= 15 is 0 Å². The maximum atomic E-state index is 11.4. The van der Waals surface area contributed by atoms with E-state index < -0.39 is 0 Å². The van der Waals surface area contributed by atoms with Crippen molar-refractivity contribution in [3.05, 3.63) is 35.4 Å². The predicted molar refractivity (Wildman–Crippen MR) is 116 cm³/mol. The van der Waals surface area contributed by atoms with Gasteiger partial charge in [0, 0.05) is 12.8 Å². The van der Waals surface area contributed by atoms with Crippen molar-refractivity contribution in [3.63, 3.8) is 0 Å². The molecule has 0 aliphatic heterocycles. The highest BCUT2D eigenvalue weighted by atomic mass is 16.5. The van der Waals surface area contributed by atoms with Crippen LogP contribution in [-0.4, -0.2) is 19.2 Å². The van der Waals surface area contributed by atoms with Crippen molar-refractivity contribution < 1.29 is 14.3 Å². The van der Waals surface area contributed by atoms with Gasteiger partial charge in [-0.25, -0.2) is 0 Å². The van der Waals surface area contributed by atoms with Crippen LogP contribution in [-0.2, 0) is 27.3 Å². The molecule has 0 radical (unpaired) electrons. The van der Waals surface area contributed by atoms with Crippen LogP contribution in [0.25, 0.3) is 0 Å². The Bertz CT molecular complexity index is 566. The highest BCUT2D eigenvalue weighted by Gasteiger charge is 2.02. The second-order valence-corrected chi connectivity index (χ2v) is 7.19. The summed E-state index contributed by atoms with van der Waals surface area (Å²) in [6.45, 7) is 5.59. The molecule has 0 amide bonds. The molecule has 0 aliphatic rings. The highest BCUT2D eigenvalue weighted by molar-refractivity contribution is 5.69. The molecule has 3 nitrogen and oxygen atoms in total. The summed E-state index contributed by atoms with van der Waals surface area (Å²) in [6.07, 6.45) is 12.8. The van der Waals surface area contributed by atoms with E-state index in [0.29, 0.717) is 32.7 Å². The average Bonchev–Trinajstić information content (AvgIpc) is 2.71. The molecular weight excluding hydrogens is 348 g/mol. The van der Waals surface area contributed by atoms with Crippen molar-refractivity contribution in [3.8, 4) is 11.8 Å². The van der Waals surface area contributed by atoms with E-state index in [0.717, 1.165) is 17.5 Å². The smallest absolute Gasteiger partial charge is 0.306 e. The van der Waals surface area contributed by atoms with Crippen LogP contribution in [0, 0.1) is 11.8 Å². The molecule has 0 saturated heterocycles. The third-order valence-corrected chi connectivity index (χ3v) is 4.67. The zero-order chi connectivity index (χ0) is 20.3. The molecule has 0 unspecified atom stereocenters. The fourth-order valence-electron chi connectivity index (χ4n) is 2.99. The molecule has 0 fully saturated rings. The van der Waals surface area contributed by atoms with E-state index in [9.17, 15) is 4.79 Å². The first-order chi connectivity index (χ1) is 13.8. The van der Waals surface area contributed by atoms with Gasteiger partial charge in [0.1, 0.15) is 6.61 Å². The van der Waals surface area contributed by atoms with Crippen molar-refractivity contribution in [2.45, 2.75) is 91.1 Å². The van der Waals surface area contributed by atoms with Crippen molar-refractivity contribution in [2.24, 2.45) is 0 Å². The van der Waals surface area contributed by atoms with E-state index in [2.05, 4.69) is 30.9 Å². The summed E-state index contributed by atoms with van der Waals surface area (Å²) in [5.74, 6) is 6.18. The van der Waals surface area contributed by atoms with Crippen LogP contribution in [0.3, 0.4) is 0 Å². The Morgan fingerprint density at radius 2 is 1.50 bits per heavy atom. The molecule has 28 heavy (non-hydrogen) atoms. The number of unbranched alkanes of at least 4 members (excludes halogenated alkanes) is 8. The van der Waals surface area contributed by atoms with Crippen molar-refractivity contribution >= 4 is 5.97 Å². The third kappa shape index (κ3) is 13.4. The standard InChI is InChI=1S/C25H38O3/c1-3-5-6-7-8-9-10-11-12-13-14-21-27-22-24-17-15-23(16-18-24)19-20-25(26)28-4-2/h15-18H,3-12,19-22H2,1-2H3. The van der Waals surface area contributed by atoms with E-state index in [1.165, 1.54) is 51.4 Å². The number of carbonyl (C=O) groups is 1. The molecule has 0 aromatic heterocycles. The Morgan fingerprint density at radius 1 is 0.857 bits per heavy atom. The SMILES string of the molecule is CCCCCCCCCCC#CCOCc1ccc(CCC(=O)OCC)cc1. The summed E-state index contributed by atoms with van der Waals surface area (Å²) in [7, 11) is 0.